The lowest BCUT2D eigenvalue weighted by molar-refractivity contribution is -0.110. The molecule has 1 N–H and O–H groups in total. The smallest absolute Gasteiger partial charge is 0.265 e. The van der Waals surface area contributed by atoms with Gasteiger partial charge in [0, 0.05) is 6.42 Å². The standard InChI is InChI=1S/C11H18O4S/c1-10(2)9(7-16(13,14)15)11(10)5-3-8(11)4-6-12/h6,8-9H,3-5,7H2,1-2H3,(H,13,14,15). The Labute approximate surface area is 96.2 Å². The van der Waals surface area contributed by atoms with Gasteiger partial charge in [0.05, 0.1) is 5.75 Å². The molecule has 2 saturated carbocycles. The maximum Gasteiger partial charge on any atom is 0.265 e. The first-order valence-electron chi connectivity index (χ1n) is 5.64. The third-order valence-corrected chi connectivity index (χ3v) is 5.76. The molecule has 4 nitrogen and oxygen atoms in total. The fraction of sp³-hybridized carbons (Fsp3) is 0.909. The van der Waals surface area contributed by atoms with E-state index in [1.165, 1.54) is 0 Å². The van der Waals surface area contributed by atoms with Crippen LogP contribution in [0.15, 0.2) is 0 Å². The summed E-state index contributed by atoms with van der Waals surface area (Å²) in [6.45, 7) is 4.08. The molecular weight excluding hydrogens is 228 g/mol. The molecule has 0 bridgehead atoms. The Bertz CT molecular complexity index is 412. The van der Waals surface area contributed by atoms with Crippen molar-refractivity contribution in [2.75, 3.05) is 5.75 Å². The molecule has 3 atom stereocenters. The Kier molecular flexibility index (Phi) is 2.48. The maximum atomic E-state index is 10.9. The Balaban J connectivity index is 2.15. The molecule has 0 aromatic heterocycles. The fourth-order valence-electron chi connectivity index (χ4n) is 3.98. The monoisotopic (exact) mass is 246 g/mol. The second kappa shape index (κ2) is 3.29. The summed E-state index contributed by atoms with van der Waals surface area (Å²) in [5.74, 6) is 0.162. The lowest BCUT2D eigenvalue weighted by atomic mass is 9.64. The van der Waals surface area contributed by atoms with E-state index in [2.05, 4.69) is 0 Å². The van der Waals surface area contributed by atoms with Crippen LogP contribution in [0.5, 0.6) is 0 Å². The van der Waals surface area contributed by atoms with Crippen molar-refractivity contribution in [1.29, 1.82) is 0 Å². The van der Waals surface area contributed by atoms with E-state index in [4.69, 9.17) is 4.55 Å². The summed E-state index contributed by atoms with van der Waals surface area (Å²) in [5.41, 5.74) is -0.0710. The SMILES string of the molecule is CC1(C)C(CS(=O)(=O)O)C12CCC2CC=O. The van der Waals surface area contributed by atoms with E-state index in [1.54, 1.807) is 0 Å². The van der Waals surface area contributed by atoms with E-state index in [0.29, 0.717) is 12.3 Å². The van der Waals surface area contributed by atoms with Gasteiger partial charge >= 0.3 is 0 Å². The number of carbonyl (C=O) groups excluding carboxylic acids is 1. The Morgan fingerprint density at radius 1 is 1.44 bits per heavy atom. The van der Waals surface area contributed by atoms with Crippen molar-refractivity contribution in [3.63, 3.8) is 0 Å². The van der Waals surface area contributed by atoms with Crippen LogP contribution in [-0.2, 0) is 14.9 Å². The van der Waals surface area contributed by atoms with Gasteiger partial charge in [0.25, 0.3) is 10.1 Å². The van der Waals surface area contributed by atoms with E-state index in [1.807, 2.05) is 13.8 Å². The van der Waals surface area contributed by atoms with E-state index in [9.17, 15) is 13.2 Å². The van der Waals surface area contributed by atoms with Crippen LogP contribution in [0.2, 0.25) is 0 Å². The first-order valence-corrected chi connectivity index (χ1v) is 7.25. The molecule has 0 amide bonds. The number of hydrogen-bond donors (Lipinski definition) is 1. The molecule has 0 radical (unpaired) electrons. The largest absolute Gasteiger partial charge is 0.303 e. The maximum absolute atomic E-state index is 10.9. The lowest BCUT2D eigenvalue weighted by Crippen LogP contribution is -2.33. The van der Waals surface area contributed by atoms with Gasteiger partial charge in [-0.2, -0.15) is 8.42 Å². The zero-order valence-corrected chi connectivity index (χ0v) is 10.5. The van der Waals surface area contributed by atoms with E-state index in [0.717, 1.165) is 19.1 Å². The molecule has 2 rings (SSSR count). The highest BCUT2D eigenvalue weighted by Crippen LogP contribution is 2.80. The second-order valence-corrected chi connectivity index (χ2v) is 7.20. The highest BCUT2D eigenvalue weighted by Gasteiger charge is 2.76. The molecule has 2 aliphatic rings. The van der Waals surface area contributed by atoms with E-state index < -0.39 is 10.1 Å². The van der Waals surface area contributed by atoms with Crippen molar-refractivity contribution in [2.45, 2.75) is 33.1 Å². The first kappa shape index (κ1) is 12.0. The van der Waals surface area contributed by atoms with Gasteiger partial charge in [-0.25, -0.2) is 0 Å². The summed E-state index contributed by atoms with van der Waals surface area (Å²) in [7, 11) is -3.91. The van der Waals surface area contributed by atoms with Gasteiger partial charge in [-0.15, -0.1) is 0 Å². The molecule has 0 saturated heterocycles. The summed E-state index contributed by atoms with van der Waals surface area (Å²) in [6.07, 6.45) is 3.43. The topological polar surface area (TPSA) is 71.4 Å². The third kappa shape index (κ3) is 1.44. The summed E-state index contributed by atoms with van der Waals surface area (Å²) < 4.78 is 30.8. The highest BCUT2D eigenvalue weighted by atomic mass is 32.2. The van der Waals surface area contributed by atoms with Crippen LogP contribution in [0.4, 0.5) is 0 Å². The minimum Gasteiger partial charge on any atom is -0.303 e. The second-order valence-electron chi connectivity index (χ2n) is 5.70. The first-order chi connectivity index (χ1) is 7.25. The van der Waals surface area contributed by atoms with Crippen LogP contribution in [0.25, 0.3) is 0 Å². The Hall–Kier alpha value is -0.420. The number of hydrogen-bond acceptors (Lipinski definition) is 3. The average Bonchev–Trinajstić information content (AvgIpc) is 2.57. The van der Waals surface area contributed by atoms with E-state index in [-0.39, 0.29) is 22.5 Å². The van der Waals surface area contributed by atoms with Gasteiger partial charge in [-0.05, 0) is 35.5 Å². The zero-order valence-electron chi connectivity index (χ0n) is 9.64. The van der Waals surface area contributed by atoms with Crippen molar-refractivity contribution >= 4 is 16.4 Å². The third-order valence-electron chi connectivity index (χ3n) is 5.00. The summed E-state index contributed by atoms with van der Waals surface area (Å²) in [4.78, 5) is 10.6. The summed E-state index contributed by atoms with van der Waals surface area (Å²) >= 11 is 0. The van der Waals surface area contributed by atoms with Gasteiger partial charge in [0.2, 0.25) is 0 Å². The van der Waals surface area contributed by atoms with Gasteiger partial charge in [0.1, 0.15) is 6.29 Å². The molecule has 92 valence electrons. The van der Waals surface area contributed by atoms with Crippen LogP contribution in [0, 0.1) is 22.7 Å². The zero-order chi connectivity index (χ0) is 12.2. The number of carbonyl (C=O) groups is 1. The molecular formula is C11H18O4S. The van der Waals surface area contributed by atoms with Crippen LogP contribution in [0.1, 0.15) is 33.1 Å². The predicted octanol–water partition coefficient (Wildman–Crippen LogP) is 1.52. The molecule has 5 heteroatoms. The Morgan fingerprint density at radius 3 is 2.44 bits per heavy atom. The lowest BCUT2D eigenvalue weighted by Gasteiger charge is -2.40. The molecule has 0 aromatic carbocycles. The molecule has 3 unspecified atom stereocenters. The predicted molar refractivity (Wildman–Crippen MR) is 59.5 cm³/mol. The van der Waals surface area contributed by atoms with Crippen LogP contribution < -0.4 is 0 Å². The van der Waals surface area contributed by atoms with Crippen LogP contribution in [0.3, 0.4) is 0 Å². The normalized spacial score (nSPS) is 40.4. The van der Waals surface area contributed by atoms with Gasteiger partial charge in [-0.3, -0.25) is 4.55 Å². The van der Waals surface area contributed by atoms with Crippen molar-refractivity contribution in [3.05, 3.63) is 0 Å². The van der Waals surface area contributed by atoms with E-state index >= 15 is 0 Å². The number of rotatable bonds is 4. The molecule has 0 heterocycles. The van der Waals surface area contributed by atoms with Crippen molar-refractivity contribution in [3.8, 4) is 0 Å². The van der Waals surface area contributed by atoms with Crippen LogP contribution >= 0.6 is 0 Å². The van der Waals surface area contributed by atoms with Crippen molar-refractivity contribution < 1.29 is 17.8 Å². The summed E-state index contributed by atoms with van der Waals surface area (Å²) in [6, 6.07) is 0. The minimum atomic E-state index is -3.91. The van der Waals surface area contributed by atoms with Gasteiger partial charge in [0.15, 0.2) is 0 Å². The average molecular weight is 246 g/mol. The molecule has 2 aliphatic carbocycles. The molecule has 0 aromatic rings. The molecule has 16 heavy (non-hydrogen) atoms. The highest BCUT2D eigenvalue weighted by molar-refractivity contribution is 7.85. The van der Waals surface area contributed by atoms with Crippen molar-refractivity contribution in [1.82, 2.24) is 0 Å². The summed E-state index contributed by atoms with van der Waals surface area (Å²) in [5, 5.41) is 0. The fourth-order valence-corrected chi connectivity index (χ4v) is 5.12. The van der Waals surface area contributed by atoms with Gasteiger partial charge < -0.3 is 4.79 Å². The minimum absolute atomic E-state index is 0.00806. The van der Waals surface area contributed by atoms with Crippen molar-refractivity contribution in [2.24, 2.45) is 22.7 Å². The molecule has 2 fully saturated rings. The number of aldehydes is 1. The molecule has 0 aliphatic heterocycles. The molecule has 1 spiro atoms. The van der Waals surface area contributed by atoms with Gasteiger partial charge in [-0.1, -0.05) is 13.8 Å². The quantitative estimate of drug-likeness (QED) is 0.603. The van der Waals surface area contributed by atoms with Crippen LogP contribution in [-0.4, -0.2) is 25.0 Å². The Morgan fingerprint density at radius 2 is 2.06 bits per heavy atom.